The summed E-state index contributed by atoms with van der Waals surface area (Å²) in [5.41, 5.74) is 5.40. The second-order valence-corrected chi connectivity index (χ2v) is 9.94. The Morgan fingerprint density at radius 3 is 2.65 bits per heavy atom. The highest BCUT2D eigenvalue weighted by molar-refractivity contribution is 5.55. The monoisotopic (exact) mass is 462 g/mol. The second kappa shape index (κ2) is 10.0. The summed E-state index contributed by atoms with van der Waals surface area (Å²) in [6.45, 7) is 5.88. The Morgan fingerprint density at radius 2 is 1.91 bits per heavy atom. The molecular weight excluding hydrogens is 424 g/mol. The highest BCUT2D eigenvalue weighted by Crippen LogP contribution is 2.34. The average molecular weight is 463 g/mol. The van der Waals surface area contributed by atoms with Gasteiger partial charge in [-0.05, 0) is 76.5 Å². The lowest BCUT2D eigenvalue weighted by Gasteiger charge is -2.36. The number of aromatic nitrogens is 3. The van der Waals surface area contributed by atoms with Gasteiger partial charge in [0.2, 0.25) is 0 Å². The number of nitrogens with zero attached hydrogens (tertiary/aromatic N) is 6. The molecule has 0 spiro atoms. The van der Waals surface area contributed by atoms with Gasteiger partial charge in [-0.25, -0.2) is 4.98 Å². The van der Waals surface area contributed by atoms with E-state index in [0.717, 1.165) is 74.7 Å². The van der Waals surface area contributed by atoms with E-state index in [9.17, 15) is 5.11 Å². The van der Waals surface area contributed by atoms with Crippen LogP contribution in [0.2, 0.25) is 0 Å². The maximum Gasteiger partial charge on any atom is 0.138 e. The number of rotatable bonds is 7. The number of hydrogen-bond acceptors (Lipinski definition) is 6. The minimum absolute atomic E-state index is 0.0151. The van der Waals surface area contributed by atoms with Crippen LogP contribution in [0, 0.1) is 0 Å². The Hall–Kier alpha value is -2.48. The van der Waals surface area contributed by atoms with Crippen molar-refractivity contribution in [1.82, 2.24) is 24.2 Å². The molecule has 2 aliphatic rings. The van der Waals surface area contributed by atoms with Crippen LogP contribution in [0.1, 0.15) is 61.3 Å². The van der Waals surface area contributed by atoms with Gasteiger partial charge in [-0.15, -0.1) is 0 Å². The van der Waals surface area contributed by atoms with Crippen LogP contribution in [0.3, 0.4) is 0 Å². The molecule has 3 aromatic heterocycles. The summed E-state index contributed by atoms with van der Waals surface area (Å²) in [6, 6.07) is 11.5. The highest BCUT2D eigenvalue weighted by atomic mass is 16.3. The minimum atomic E-state index is -0.0151. The smallest absolute Gasteiger partial charge is 0.138 e. The summed E-state index contributed by atoms with van der Waals surface area (Å²) in [5, 5.41) is 10.5. The van der Waals surface area contributed by atoms with E-state index in [0.29, 0.717) is 12.1 Å². The SMILES string of the molecule is CCN(Cc1nc2cccc(N3CCC(N(C)C)CC3)n2c1CO)[C@H]1CCCc2cccnc21. The Kier molecular flexibility index (Phi) is 6.86. The van der Waals surface area contributed by atoms with E-state index in [1.807, 2.05) is 12.3 Å². The molecule has 1 aliphatic carbocycles. The van der Waals surface area contributed by atoms with Gasteiger partial charge in [-0.2, -0.15) is 0 Å². The van der Waals surface area contributed by atoms with E-state index >= 15 is 0 Å². The Balaban J connectivity index is 1.45. The number of fused-ring (bicyclic) bond motifs is 2. The van der Waals surface area contributed by atoms with Crippen molar-refractivity contribution in [3.8, 4) is 0 Å². The lowest BCUT2D eigenvalue weighted by atomic mass is 9.90. The maximum absolute atomic E-state index is 10.5. The third-order valence-electron chi connectivity index (χ3n) is 7.84. The van der Waals surface area contributed by atoms with Gasteiger partial charge in [0.15, 0.2) is 0 Å². The van der Waals surface area contributed by atoms with Crippen molar-refractivity contribution < 1.29 is 5.11 Å². The van der Waals surface area contributed by atoms with Crippen molar-refractivity contribution in [1.29, 1.82) is 0 Å². The van der Waals surface area contributed by atoms with Crippen LogP contribution < -0.4 is 4.90 Å². The quantitative estimate of drug-likeness (QED) is 0.578. The van der Waals surface area contributed by atoms with E-state index in [4.69, 9.17) is 9.97 Å². The largest absolute Gasteiger partial charge is 0.390 e. The van der Waals surface area contributed by atoms with Crippen LogP contribution in [0.4, 0.5) is 5.82 Å². The van der Waals surface area contributed by atoms with Crippen molar-refractivity contribution in [2.75, 3.05) is 38.6 Å². The fourth-order valence-corrected chi connectivity index (χ4v) is 5.90. The molecule has 1 atom stereocenters. The molecule has 0 amide bonds. The van der Waals surface area contributed by atoms with Crippen molar-refractivity contribution >= 4 is 11.5 Å². The molecule has 7 nitrogen and oxygen atoms in total. The Bertz CT molecular complexity index is 1120. The summed E-state index contributed by atoms with van der Waals surface area (Å²) in [6.07, 6.45) is 7.63. The number of imidazole rings is 1. The molecule has 1 fully saturated rings. The third kappa shape index (κ3) is 4.32. The zero-order chi connectivity index (χ0) is 23.7. The lowest BCUT2D eigenvalue weighted by molar-refractivity contribution is 0.171. The molecule has 1 saturated heterocycles. The highest BCUT2D eigenvalue weighted by Gasteiger charge is 2.29. The molecule has 0 bridgehead atoms. The number of aliphatic hydroxyl groups is 1. The van der Waals surface area contributed by atoms with Crippen LogP contribution in [0.25, 0.3) is 5.65 Å². The van der Waals surface area contributed by atoms with Crippen LogP contribution in [-0.2, 0) is 19.6 Å². The van der Waals surface area contributed by atoms with Crippen LogP contribution >= 0.6 is 0 Å². The van der Waals surface area contributed by atoms with Gasteiger partial charge >= 0.3 is 0 Å². The van der Waals surface area contributed by atoms with E-state index in [1.165, 1.54) is 17.7 Å². The van der Waals surface area contributed by atoms with Crippen LogP contribution in [0.15, 0.2) is 36.5 Å². The van der Waals surface area contributed by atoms with Gasteiger partial charge in [0, 0.05) is 31.9 Å². The zero-order valence-corrected chi connectivity index (χ0v) is 20.8. The molecule has 1 aliphatic heterocycles. The molecule has 0 aromatic carbocycles. The summed E-state index contributed by atoms with van der Waals surface area (Å²) in [5.74, 6) is 1.14. The van der Waals surface area contributed by atoms with Crippen LogP contribution in [-0.4, -0.2) is 69.0 Å². The zero-order valence-electron chi connectivity index (χ0n) is 20.8. The van der Waals surface area contributed by atoms with Gasteiger partial charge in [0.05, 0.1) is 29.7 Å². The predicted octanol–water partition coefficient (Wildman–Crippen LogP) is 3.65. The Morgan fingerprint density at radius 1 is 1.09 bits per heavy atom. The summed E-state index contributed by atoms with van der Waals surface area (Å²) in [7, 11) is 4.35. The van der Waals surface area contributed by atoms with Crippen molar-refractivity contribution in [2.45, 2.75) is 64.3 Å². The second-order valence-electron chi connectivity index (χ2n) is 9.94. The first-order chi connectivity index (χ1) is 16.6. The van der Waals surface area contributed by atoms with Crippen molar-refractivity contribution in [2.24, 2.45) is 0 Å². The minimum Gasteiger partial charge on any atom is -0.390 e. The molecule has 0 unspecified atom stereocenters. The number of pyridine rings is 2. The normalized spacial score (nSPS) is 19.4. The summed E-state index contributed by atoms with van der Waals surface area (Å²) in [4.78, 5) is 17.1. The first kappa shape index (κ1) is 23.3. The van der Waals surface area contributed by atoms with Gasteiger partial charge in [0.25, 0.3) is 0 Å². The van der Waals surface area contributed by atoms with E-state index < -0.39 is 0 Å². The molecule has 34 heavy (non-hydrogen) atoms. The molecule has 5 rings (SSSR count). The first-order valence-corrected chi connectivity index (χ1v) is 12.8. The number of piperidine rings is 1. The molecule has 4 heterocycles. The van der Waals surface area contributed by atoms with Crippen LogP contribution in [0.5, 0.6) is 0 Å². The molecular formula is C27H38N6O. The van der Waals surface area contributed by atoms with Crippen molar-refractivity contribution in [3.05, 3.63) is 59.2 Å². The topological polar surface area (TPSA) is 60.1 Å². The maximum atomic E-state index is 10.5. The molecule has 1 N–H and O–H groups in total. The van der Waals surface area contributed by atoms with E-state index in [2.05, 4.69) is 64.4 Å². The molecule has 3 aromatic rings. The van der Waals surface area contributed by atoms with Gasteiger partial charge in [-0.3, -0.25) is 14.3 Å². The summed E-state index contributed by atoms with van der Waals surface area (Å²) >= 11 is 0. The first-order valence-electron chi connectivity index (χ1n) is 12.8. The van der Waals surface area contributed by atoms with Gasteiger partial charge in [-0.1, -0.05) is 19.1 Å². The molecule has 182 valence electrons. The standard InChI is InChI=1S/C27H38N6O/c1-4-31(23-10-5-8-20-9-7-15-28-27(20)23)18-22-24(19-34)33-25(29-22)11-6-12-26(33)32-16-13-21(14-17-32)30(2)3/h6-7,9,11-12,15,21,23,34H,4-5,8,10,13-14,16-19H2,1-3H3/t23-/m0/s1. The number of anilines is 1. The predicted molar refractivity (Wildman–Crippen MR) is 136 cm³/mol. The molecule has 7 heteroatoms. The van der Waals surface area contributed by atoms with E-state index in [1.54, 1.807) is 0 Å². The van der Waals surface area contributed by atoms with Gasteiger partial charge < -0.3 is 14.9 Å². The number of aliphatic hydroxyl groups excluding tert-OH is 1. The van der Waals surface area contributed by atoms with E-state index in [-0.39, 0.29) is 6.61 Å². The fraction of sp³-hybridized carbons (Fsp3) is 0.556. The van der Waals surface area contributed by atoms with Crippen molar-refractivity contribution in [3.63, 3.8) is 0 Å². The third-order valence-corrected chi connectivity index (χ3v) is 7.84. The molecule has 0 radical (unpaired) electrons. The number of aryl methyl sites for hydroxylation is 1. The number of hydrogen-bond donors (Lipinski definition) is 1. The lowest BCUT2D eigenvalue weighted by Crippen LogP contribution is -2.42. The average Bonchev–Trinajstić information content (AvgIpc) is 3.24. The fourth-order valence-electron chi connectivity index (χ4n) is 5.90. The summed E-state index contributed by atoms with van der Waals surface area (Å²) < 4.78 is 2.19. The molecule has 0 saturated carbocycles. The van der Waals surface area contributed by atoms with Gasteiger partial charge in [0.1, 0.15) is 11.5 Å². The Labute approximate surface area is 203 Å².